The van der Waals surface area contributed by atoms with Gasteiger partial charge in [-0.3, -0.25) is 14.5 Å². The number of para-hydroxylation sites is 1. The first-order valence-corrected chi connectivity index (χ1v) is 13.3. The monoisotopic (exact) mass is 499 g/mol. The fourth-order valence-corrected chi connectivity index (χ4v) is 6.47. The Labute approximate surface area is 218 Å². The molecule has 4 atom stereocenters. The second-order valence-corrected chi connectivity index (χ2v) is 10.5. The minimum absolute atomic E-state index is 0.0650. The van der Waals surface area contributed by atoms with E-state index >= 15 is 0 Å². The molecule has 0 spiro atoms. The molecule has 7 heteroatoms. The van der Waals surface area contributed by atoms with Crippen LogP contribution in [0.15, 0.2) is 65.7 Å². The minimum Gasteiger partial charge on any atom is -0.507 e. The van der Waals surface area contributed by atoms with Crippen molar-refractivity contribution in [3.05, 3.63) is 76.9 Å². The van der Waals surface area contributed by atoms with Crippen molar-refractivity contribution in [3.8, 4) is 5.75 Å². The maximum absolute atomic E-state index is 13.3. The van der Waals surface area contributed by atoms with Crippen molar-refractivity contribution in [2.75, 3.05) is 6.54 Å². The molecule has 2 heterocycles. The first-order valence-electron chi connectivity index (χ1n) is 13.3. The lowest BCUT2D eigenvalue weighted by molar-refractivity contribution is -0.140. The second kappa shape index (κ2) is 10.7. The van der Waals surface area contributed by atoms with Crippen LogP contribution in [0.5, 0.6) is 5.75 Å². The Hall–Kier alpha value is -3.16. The van der Waals surface area contributed by atoms with Gasteiger partial charge in [-0.05, 0) is 73.7 Å². The zero-order valence-electron chi connectivity index (χ0n) is 21.5. The van der Waals surface area contributed by atoms with Crippen LogP contribution in [0.2, 0.25) is 6.32 Å². The van der Waals surface area contributed by atoms with Crippen LogP contribution in [0.4, 0.5) is 0 Å². The number of phenolic OH excluding ortho intramolecular Hbond substituents is 1. The van der Waals surface area contributed by atoms with Crippen molar-refractivity contribution in [2.45, 2.75) is 52.0 Å². The Kier molecular flexibility index (Phi) is 7.36. The molecule has 2 aromatic carbocycles. The molecule has 0 bridgehead atoms. The molecule has 6 nitrogen and oxygen atoms in total. The second-order valence-electron chi connectivity index (χ2n) is 10.5. The number of allylic oxidation sites excluding steroid dienone is 2. The summed E-state index contributed by atoms with van der Waals surface area (Å²) < 4.78 is 6.08. The molecule has 192 valence electrons. The number of amides is 2. The third-order valence-corrected chi connectivity index (χ3v) is 8.08. The number of nitrogens with zero attached hydrogens (tertiary/aromatic N) is 1. The number of likely N-dealkylation sites (tertiary alicyclic amines) is 1. The highest BCUT2D eigenvalue weighted by Gasteiger charge is 2.56. The lowest BCUT2D eigenvalue weighted by atomic mass is 9.58. The highest BCUT2D eigenvalue weighted by Crippen LogP contribution is 2.50. The number of aromatic hydroxyl groups is 1. The van der Waals surface area contributed by atoms with Gasteiger partial charge in [-0.2, -0.15) is 0 Å². The molecule has 1 aliphatic carbocycles. The number of fused-ring (bicyclic) bond motifs is 3. The topological polar surface area (TPSA) is 87.1 Å². The van der Waals surface area contributed by atoms with E-state index in [0.717, 1.165) is 34.3 Å². The van der Waals surface area contributed by atoms with Crippen molar-refractivity contribution in [2.24, 2.45) is 17.8 Å². The quantitative estimate of drug-likeness (QED) is 0.244. The Morgan fingerprint density at radius 1 is 1.08 bits per heavy atom. The zero-order valence-corrected chi connectivity index (χ0v) is 21.5. The van der Waals surface area contributed by atoms with E-state index in [4.69, 9.17) is 4.65 Å². The van der Waals surface area contributed by atoms with Crippen LogP contribution in [0.1, 0.15) is 50.7 Å². The van der Waals surface area contributed by atoms with E-state index in [1.54, 1.807) is 12.1 Å². The molecular weight excluding hydrogens is 465 g/mol. The van der Waals surface area contributed by atoms with E-state index < -0.39 is 13.0 Å². The summed E-state index contributed by atoms with van der Waals surface area (Å²) in [6.07, 6.45) is 4.57. The Balaban J connectivity index is 1.44. The van der Waals surface area contributed by atoms with Gasteiger partial charge in [0.1, 0.15) is 5.75 Å². The zero-order chi connectivity index (χ0) is 26.1. The molecule has 5 rings (SSSR count). The van der Waals surface area contributed by atoms with Gasteiger partial charge in [0, 0.05) is 12.1 Å². The molecule has 3 aliphatic rings. The van der Waals surface area contributed by atoms with Crippen LogP contribution in [0.25, 0.3) is 11.6 Å². The molecule has 2 aliphatic heterocycles. The third-order valence-electron chi connectivity index (χ3n) is 8.08. The molecule has 0 saturated carbocycles. The molecule has 2 fully saturated rings. The predicted octanol–water partition coefficient (Wildman–Crippen LogP) is 4.94. The summed E-state index contributed by atoms with van der Waals surface area (Å²) >= 11 is 0. The molecule has 37 heavy (non-hydrogen) atoms. The van der Waals surface area contributed by atoms with Crippen LogP contribution < -0.4 is 0 Å². The van der Waals surface area contributed by atoms with E-state index in [1.165, 1.54) is 4.90 Å². The number of phenols is 1. The predicted molar refractivity (Wildman–Crippen MR) is 144 cm³/mol. The summed E-state index contributed by atoms with van der Waals surface area (Å²) in [6, 6.07) is 17.3. The number of carbonyl (C=O) groups is 2. The molecule has 2 amide bonds. The summed E-state index contributed by atoms with van der Waals surface area (Å²) in [4.78, 5) is 27.8. The summed E-state index contributed by atoms with van der Waals surface area (Å²) in [7, 11) is -0.976. The van der Waals surface area contributed by atoms with Crippen molar-refractivity contribution >= 4 is 30.6 Å². The molecule has 0 radical (unpaired) electrons. The third kappa shape index (κ3) is 4.90. The van der Waals surface area contributed by atoms with E-state index in [2.05, 4.69) is 0 Å². The Bertz CT molecular complexity index is 1240. The average molecular weight is 499 g/mol. The van der Waals surface area contributed by atoms with Crippen LogP contribution in [-0.2, 0) is 14.2 Å². The largest absolute Gasteiger partial charge is 0.507 e. The number of imide groups is 1. The van der Waals surface area contributed by atoms with Gasteiger partial charge in [0.25, 0.3) is 0 Å². The highest BCUT2D eigenvalue weighted by molar-refractivity contribution is 6.43. The van der Waals surface area contributed by atoms with E-state index in [1.807, 2.05) is 62.4 Å². The van der Waals surface area contributed by atoms with Gasteiger partial charge in [-0.25, -0.2) is 0 Å². The van der Waals surface area contributed by atoms with Crippen LogP contribution >= 0.6 is 0 Å². The molecule has 2 aromatic rings. The molecule has 0 aromatic heterocycles. The molecule has 0 unspecified atom stereocenters. The van der Waals surface area contributed by atoms with Crippen molar-refractivity contribution in [3.63, 3.8) is 0 Å². The van der Waals surface area contributed by atoms with Crippen molar-refractivity contribution in [1.29, 1.82) is 0 Å². The molecular formula is C30H34BNO5. The number of benzene rings is 2. The summed E-state index contributed by atoms with van der Waals surface area (Å²) in [6.45, 7) is 4.47. The van der Waals surface area contributed by atoms with Crippen molar-refractivity contribution in [1.82, 2.24) is 4.90 Å². The van der Waals surface area contributed by atoms with Crippen molar-refractivity contribution < 1.29 is 24.4 Å². The smallest absolute Gasteiger partial charge is 0.455 e. The van der Waals surface area contributed by atoms with E-state index in [0.29, 0.717) is 32.1 Å². The first kappa shape index (κ1) is 25.5. The number of hydrogen-bond acceptors (Lipinski definition) is 5. The maximum Gasteiger partial charge on any atom is 0.455 e. The van der Waals surface area contributed by atoms with Crippen LogP contribution in [0.3, 0.4) is 0 Å². The summed E-state index contributed by atoms with van der Waals surface area (Å²) in [5.41, 5.74) is 5.04. The van der Waals surface area contributed by atoms with E-state index in [-0.39, 0.29) is 35.5 Å². The van der Waals surface area contributed by atoms with Crippen LogP contribution in [-0.4, -0.2) is 46.6 Å². The van der Waals surface area contributed by atoms with Gasteiger partial charge < -0.3 is 14.8 Å². The maximum atomic E-state index is 13.3. The van der Waals surface area contributed by atoms with E-state index in [9.17, 15) is 19.7 Å². The Morgan fingerprint density at radius 3 is 2.54 bits per heavy atom. The molecule has 2 N–H and O–H groups in total. The standard InChI is InChI=1S/C30H34BNO5/c1-3-15-32-29(34)23-16-19(2)27-24(28(23)30(32)35)18-31(36)37-26(27)14-13-21(20-9-5-4-6-10-20)17-22-11-7-8-12-25(22)33/h4-12,17,23-24,26,28,33,36H,3,13-16,18H2,1-2H3/b21-17-/t23-,24+,26-,28-/m1/s1. The lowest BCUT2D eigenvalue weighted by Gasteiger charge is -2.42. The Morgan fingerprint density at radius 2 is 1.81 bits per heavy atom. The average Bonchev–Trinajstić information content (AvgIpc) is 3.12. The van der Waals surface area contributed by atoms with Crippen LogP contribution in [0, 0.1) is 17.8 Å². The van der Waals surface area contributed by atoms with Gasteiger partial charge in [-0.15, -0.1) is 0 Å². The minimum atomic E-state index is -0.976. The normalized spacial score (nSPS) is 26.0. The lowest BCUT2D eigenvalue weighted by Crippen LogP contribution is -2.46. The number of hydrogen-bond donors (Lipinski definition) is 2. The number of carbonyl (C=O) groups excluding carboxylic acids is 2. The summed E-state index contributed by atoms with van der Waals surface area (Å²) in [5.74, 6) is -0.871. The van der Waals surface area contributed by atoms with Gasteiger partial charge in [0.15, 0.2) is 0 Å². The fraction of sp³-hybridized carbons (Fsp3) is 0.400. The van der Waals surface area contributed by atoms with Gasteiger partial charge in [0.2, 0.25) is 11.8 Å². The molecule has 2 saturated heterocycles. The highest BCUT2D eigenvalue weighted by atomic mass is 16.5. The number of rotatable bonds is 7. The first-order chi connectivity index (χ1) is 17.9. The SMILES string of the molecule is CCCN1C(=O)[C@@H]2[C@@H](CC(C)=C3[C@@H](CC/C(=C/c4ccccc4O)c4ccccc4)OB(O)C[C@@H]32)C1=O. The fourth-order valence-electron chi connectivity index (χ4n) is 6.47. The van der Waals surface area contributed by atoms with Gasteiger partial charge in [0.05, 0.1) is 17.9 Å². The van der Waals surface area contributed by atoms with Gasteiger partial charge >= 0.3 is 7.12 Å². The van der Waals surface area contributed by atoms with Gasteiger partial charge in [-0.1, -0.05) is 61.0 Å². The summed E-state index contributed by atoms with van der Waals surface area (Å²) in [5, 5.41) is 21.1.